The van der Waals surface area contributed by atoms with E-state index in [0.29, 0.717) is 11.7 Å². The van der Waals surface area contributed by atoms with Crippen LogP contribution in [0.2, 0.25) is 0 Å². The zero-order chi connectivity index (χ0) is 19.2. The molecular formula is C22H30N2O3. The summed E-state index contributed by atoms with van der Waals surface area (Å²) in [6.07, 6.45) is 3.38. The Kier molecular flexibility index (Phi) is 6.45. The second-order valence-corrected chi connectivity index (χ2v) is 7.41. The zero-order valence-electron chi connectivity index (χ0n) is 16.2. The molecule has 2 aromatic carbocycles. The molecule has 5 nitrogen and oxygen atoms in total. The number of rotatable bonds is 7. The van der Waals surface area contributed by atoms with Crippen LogP contribution >= 0.6 is 0 Å². The highest BCUT2D eigenvalue weighted by Gasteiger charge is 2.22. The van der Waals surface area contributed by atoms with Crippen molar-refractivity contribution in [1.29, 1.82) is 0 Å². The molecule has 1 atom stereocenters. The fraction of sp³-hybridized carbons (Fsp3) is 0.455. The first-order valence-electron chi connectivity index (χ1n) is 9.64. The molecule has 0 radical (unpaired) electrons. The van der Waals surface area contributed by atoms with Crippen molar-refractivity contribution in [3.05, 3.63) is 48.0 Å². The normalized spacial score (nSPS) is 16.8. The molecule has 1 saturated heterocycles. The van der Waals surface area contributed by atoms with Crippen LogP contribution in [0.25, 0.3) is 0 Å². The summed E-state index contributed by atoms with van der Waals surface area (Å²) in [7, 11) is 1.66. The predicted molar refractivity (Wildman–Crippen MR) is 108 cm³/mol. The fourth-order valence-electron chi connectivity index (χ4n) is 3.74. The Bertz CT molecular complexity index is 742. The van der Waals surface area contributed by atoms with Gasteiger partial charge in [-0.05, 0) is 69.0 Å². The van der Waals surface area contributed by atoms with E-state index in [1.165, 1.54) is 5.56 Å². The Hall–Kier alpha value is -2.40. The number of hydrogen-bond acceptors (Lipinski definition) is 5. The van der Waals surface area contributed by atoms with Crippen molar-refractivity contribution in [3.63, 3.8) is 0 Å². The standard InChI is InChI=1S/C22H30N2O3/c1-16(27-22-6-4-3-5-21(22)25)15-24-11-9-17(10-12-24)13-18-7-8-19(26-2)14-20(18)23/h3-8,14,16-17,25H,9-13,15,23H2,1-2H3. The maximum Gasteiger partial charge on any atom is 0.161 e. The molecule has 1 unspecified atom stereocenters. The number of benzene rings is 2. The lowest BCUT2D eigenvalue weighted by molar-refractivity contribution is 0.112. The van der Waals surface area contributed by atoms with Crippen LogP contribution in [0.4, 0.5) is 5.69 Å². The monoisotopic (exact) mass is 370 g/mol. The van der Waals surface area contributed by atoms with Gasteiger partial charge in [0.15, 0.2) is 11.5 Å². The lowest BCUT2D eigenvalue weighted by atomic mass is 9.89. The minimum absolute atomic E-state index is 0.0343. The maximum atomic E-state index is 9.84. The van der Waals surface area contributed by atoms with Gasteiger partial charge in [0.05, 0.1) is 7.11 Å². The molecule has 0 aromatic heterocycles. The van der Waals surface area contributed by atoms with Crippen molar-refractivity contribution in [2.45, 2.75) is 32.3 Å². The SMILES string of the molecule is COc1ccc(CC2CCN(CC(C)Oc3ccccc3O)CC2)c(N)c1. The van der Waals surface area contributed by atoms with E-state index in [4.69, 9.17) is 15.2 Å². The lowest BCUT2D eigenvalue weighted by Crippen LogP contribution is -2.40. The van der Waals surface area contributed by atoms with E-state index in [-0.39, 0.29) is 11.9 Å². The number of piperidine rings is 1. The van der Waals surface area contributed by atoms with E-state index in [0.717, 1.165) is 50.3 Å². The number of nitrogen functional groups attached to an aromatic ring is 1. The third-order valence-electron chi connectivity index (χ3n) is 5.28. The van der Waals surface area contributed by atoms with Crippen molar-refractivity contribution < 1.29 is 14.6 Å². The van der Waals surface area contributed by atoms with Gasteiger partial charge < -0.3 is 20.3 Å². The summed E-state index contributed by atoms with van der Waals surface area (Å²) in [5.41, 5.74) is 8.20. The molecule has 1 aliphatic heterocycles. The molecule has 3 rings (SSSR count). The summed E-state index contributed by atoms with van der Waals surface area (Å²) in [5, 5.41) is 9.84. The van der Waals surface area contributed by atoms with Gasteiger partial charge in [0.25, 0.3) is 0 Å². The molecule has 5 heteroatoms. The van der Waals surface area contributed by atoms with Gasteiger partial charge in [-0.15, -0.1) is 0 Å². The van der Waals surface area contributed by atoms with E-state index < -0.39 is 0 Å². The second kappa shape index (κ2) is 9.00. The molecule has 1 heterocycles. The Labute approximate surface area is 161 Å². The zero-order valence-corrected chi connectivity index (χ0v) is 16.2. The van der Waals surface area contributed by atoms with Gasteiger partial charge in [-0.3, -0.25) is 4.90 Å². The van der Waals surface area contributed by atoms with Crippen LogP contribution in [0.3, 0.4) is 0 Å². The first-order valence-corrected chi connectivity index (χ1v) is 9.64. The first-order chi connectivity index (χ1) is 13.0. The summed E-state index contributed by atoms with van der Waals surface area (Å²) in [6, 6.07) is 13.1. The Morgan fingerprint density at radius 3 is 2.59 bits per heavy atom. The molecule has 0 spiro atoms. The van der Waals surface area contributed by atoms with Crippen LogP contribution in [0.1, 0.15) is 25.3 Å². The molecule has 27 heavy (non-hydrogen) atoms. The highest BCUT2D eigenvalue weighted by atomic mass is 16.5. The summed E-state index contributed by atoms with van der Waals surface area (Å²) in [4.78, 5) is 2.44. The fourth-order valence-corrected chi connectivity index (χ4v) is 3.74. The Balaban J connectivity index is 1.45. The minimum Gasteiger partial charge on any atom is -0.504 e. The predicted octanol–water partition coefficient (Wildman–Crippen LogP) is 3.71. The molecule has 1 fully saturated rings. The third-order valence-corrected chi connectivity index (χ3v) is 5.28. The van der Waals surface area contributed by atoms with E-state index >= 15 is 0 Å². The van der Waals surface area contributed by atoms with Gasteiger partial charge in [-0.2, -0.15) is 0 Å². The molecule has 0 bridgehead atoms. The summed E-state index contributed by atoms with van der Waals surface area (Å²) < 4.78 is 11.1. The van der Waals surface area contributed by atoms with E-state index in [9.17, 15) is 5.11 Å². The van der Waals surface area contributed by atoms with Gasteiger partial charge in [-0.25, -0.2) is 0 Å². The van der Waals surface area contributed by atoms with E-state index in [1.54, 1.807) is 25.3 Å². The number of methoxy groups -OCH3 is 1. The first kappa shape index (κ1) is 19.4. The molecule has 0 aliphatic carbocycles. The van der Waals surface area contributed by atoms with Crippen LogP contribution in [0.15, 0.2) is 42.5 Å². The van der Waals surface area contributed by atoms with Gasteiger partial charge in [0.1, 0.15) is 11.9 Å². The lowest BCUT2D eigenvalue weighted by Gasteiger charge is -2.33. The third kappa shape index (κ3) is 5.30. The molecular weight excluding hydrogens is 340 g/mol. The maximum absolute atomic E-state index is 9.84. The molecule has 0 saturated carbocycles. The number of hydrogen-bond donors (Lipinski definition) is 2. The highest BCUT2D eigenvalue weighted by Crippen LogP contribution is 2.28. The Morgan fingerprint density at radius 2 is 1.93 bits per heavy atom. The van der Waals surface area contributed by atoms with Crippen molar-refractivity contribution >= 4 is 5.69 Å². The summed E-state index contributed by atoms with van der Waals surface area (Å²) in [6.45, 7) is 5.05. The topological polar surface area (TPSA) is 68.0 Å². The summed E-state index contributed by atoms with van der Waals surface area (Å²) >= 11 is 0. The molecule has 3 N–H and O–H groups in total. The van der Waals surface area contributed by atoms with E-state index in [2.05, 4.69) is 17.9 Å². The average Bonchev–Trinajstić information content (AvgIpc) is 2.66. The highest BCUT2D eigenvalue weighted by molar-refractivity contribution is 5.51. The smallest absolute Gasteiger partial charge is 0.161 e. The molecule has 1 aliphatic rings. The van der Waals surface area contributed by atoms with Crippen molar-refractivity contribution in [2.24, 2.45) is 5.92 Å². The molecule has 2 aromatic rings. The average molecular weight is 370 g/mol. The summed E-state index contributed by atoms with van der Waals surface area (Å²) in [5.74, 6) is 2.21. The number of anilines is 1. The van der Waals surface area contributed by atoms with Crippen molar-refractivity contribution in [3.8, 4) is 17.2 Å². The minimum atomic E-state index is 0.0343. The van der Waals surface area contributed by atoms with Crippen LogP contribution in [-0.2, 0) is 6.42 Å². The number of ether oxygens (including phenoxy) is 2. The number of likely N-dealkylation sites (tertiary alicyclic amines) is 1. The number of para-hydroxylation sites is 2. The number of nitrogens with two attached hydrogens (primary N) is 1. The number of phenolic OH excluding ortho intramolecular Hbond substituents is 1. The molecule has 0 amide bonds. The van der Waals surface area contributed by atoms with Crippen molar-refractivity contribution in [2.75, 3.05) is 32.5 Å². The van der Waals surface area contributed by atoms with Gasteiger partial charge in [-0.1, -0.05) is 18.2 Å². The largest absolute Gasteiger partial charge is 0.504 e. The van der Waals surface area contributed by atoms with Gasteiger partial charge in [0, 0.05) is 18.3 Å². The second-order valence-electron chi connectivity index (χ2n) is 7.41. The van der Waals surface area contributed by atoms with Crippen LogP contribution in [0, 0.1) is 5.92 Å². The Morgan fingerprint density at radius 1 is 1.19 bits per heavy atom. The van der Waals surface area contributed by atoms with Gasteiger partial charge in [0.2, 0.25) is 0 Å². The number of phenols is 1. The van der Waals surface area contributed by atoms with Crippen LogP contribution in [-0.4, -0.2) is 42.9 Å². The number of aromatic hydroxyl groups is 1. The van der Waals surface area contributed by atoms with Crippen LogP contribution < -0.4 is 15.2 Å². The van der Waals surface area contributed by atoms with Crippen LogP contribution in [0.5, 0.6) is 17.2 Å². The van der Waals surface area contributed by atoms with Gasteiger partial charge >= 0.3 is 0 Å². The number of nitrogens with zero attached hydrogens (tertiary/aromatic N) is 1. The van der Waals surface area contributed by atoms with Crippen molar-refractivity contribution in [1.82, 2.24) is 4.90 Å². The van der Waals surface area contributed by atoms with E-state index in [1.807, 2.05) is 18.2 Å². The quantitative estimate of drug-likeness (QED) is 0.727. The molecule has 146 valence electrons.